The van der Waals surface area contributed by atoms with Crippen molar-refractivity contribution in [2.45, 2.75) is 35.1 Å². The summed E-state index contributed by atoms with van der Waals surface area (Å²) in [5, 5.41) is -0.624. The largest absolute Gasteiger partial charge is 0.263 e. The highest BCUT2D eigenvalue weighted by Crippen LogP contribution is 2.61. The van der Waals surface area contributed by atoms with Gasteiger partial charge in [0.1, 0.15) is 0 Å². The maximum absolute atomic E-state index is 5.48. The molecule has 0 spiro atoms. The van der Waals surface area contributed by atoms with E-state index in [4.69, 9.17) is 11.8 Å². The van der Waals surface area contributed by atoms with Crippen LogP contribution in [-0.2, 0) is 11.8 Å². The fourth-order valence-corrected chi connectivity index (χ4v) is 4.49. The summed E-state index contributed by atoms with van der Waals surface area (Å²) in [5.74, 6) is 4.62. The van der Waals surface area contributed by atoms with E-state index in [2.05, 4.69) is 35.8 Å². The minimum Gasteiger partial charge on any atom is -0.263 e. The Hall–Kier alpha value is 0.610. The van der Waals surface area contributed by atoms with E-state index in [1.165, 1.54) is 11.5 Å². The molecule has 1 nitrogen and oxygen atoms in total. The van der Waals surface area contributed by atoms with Crippen molar-refractivity contribution in [2.75, 3.05) is 24.6 Å². The van der Waals surface area contributed by atoms with E-state index in [1.54, 1.807) is 6.92 Å². The summed E-state index contributed by atoms with van der Waals surface area (Å²) in [6, 6.07) is 0. The van der Waals surface area contributed by atoms with E-state index < -0.39 is 5.39 Å². The molecule has 1 atom stereocenters. The molecule has 0 aromatic heterocycles. The lowest BCUT2D eigenvalue weighted by Crippen LogP contribution is -2.28. The molecule has 0 saturated carbocycles. The van der Waals surface area contributed by atoms with Crippen LogP contribution in [0.3, 0.4) is 0 Å². The predicted octanol–water partition coefficient (Wildman–Crippen LogP) is 5.11. The van der Waals surface area contributed by atoms with Crippen LogP contribution >= 0.6 is 29.4 Å². The third-order valence-corrected chi connectivity index (χ3v) is 8.38. The van der Waals surface area contributed by atoms with Crippen LogP contribution in [0.2, 0.25) is 0 Å². The number of hydrogen-bond acceptors (Lipinski definition) is 2. The molecule has 108 valence electrons. The molecule has 1 rings (SSSR count). The summed E-state index contributed by atoms with van der Waals surface area (Å²) < 4.78 is 2.32. The highest BCUT2D eigenvalue weighted by molar-refractivity contribution is 8.64. The number of terminal acetylenes is 1. The van der Waals surface area contributed by atoms with Crippen LogP contribution in [0, 0.1) is 12.3 Å². The summed E-state index contributed by atoms with van der Waals surface area (Å²) in [5.41, 5.74) is 0. The molecular formula is C13H28NPS3. The minimum absolute atomic E-state index is 0. The molecule has 1 aliphatic heterocycles. The number of hydrogen-bond donors (Lipinski definition) is 1. The van der Waals surface area contributed by atoms with Gasteiger partial charge in [0.25, 0.3) is 0 Å². The zero-order chi connectivity index (χ0) is 13.9. The molecule has 18 heavy (non-hydrogen) atoms. The van der Waals surface area contributed by atoms with E-state index >= 15 is 0 Å². The standard InChI is InChI=1S/C7H14NPS3.C3H4.C2H6.CH4/c1-7(2)9(10,11)8-3-5-12-6-4-8;1-3-2;1-2;/h1,3-6H2,2H3,(H,10,11);1H,2H3;1-2H3;1H4. The Kier molecular flexibility index (Phi) is 18.5. The second-order valence-electron chi connectivity index (χ2n) is 3.13. The van der Waals surface area contributed by atoms with Crippen molar-refractivity contribution < 1.29 is 0 Å². The van der Waals surface area contributed by atoms with Gasteiger partial charge in [-0.2, -0.15) is 11.8 Å². The van der Waals surface area contributed by atoms with Crippen molar-refractivity contribution in [3.05, 3.63) is 11.9 Å². The summed E-state index contributed by atoms with van der Waals surface area (Å²) in [6.45, 7) is 13.7. The molecule has 0 bridgehead atoms. The first-order chi connectivity index (χ1) is 7.96. The van der Waals surface area contributed by atoms with Gasteiger partial charge >= 0.3 is 0 Å². The van der Waals surface area contributed by atoms with Crippen molar-refractivity contribution in [2.24, 2.45) is 0 Å². The van der Waals surface area contributed by atoms with Crippen LogP contribution in [0.15, 0.2) is 11.9 Å². The van der Waals surface area contributed by atoms with Gasteiger partial charge in [0.2, 0.25) is 0 Å². The van der Waals surface area contributed by atoms with E-state index in [0.29, 0.717) is 0 Å². The van der Waals surface area contributed by atoms with Crippen LogP contribution in [0.5, 0.6) is 0 Å². The molecule has 1 fully saturated rings. The van der Waals surface area contributed by atoms with E-state index in [-0.39, 0.29) is 7.43 Å². The zero-order valence-corrected chi connectivity index (χ0v) is 14.7. The molecule has 1 unspecified atom stereocenters. The van der Waals surface area contributed by atoms with E-state index in [0.717, 1.165) is 18.4 Å². The second-order valence-corrected chi connectivity index (χ2v) is 10.9. The van der Waals surface area contributed by atoms with Crippen LogP contribution in [0.1, 0.15) is 35.1 Å². The second kappa shape index (κ2) is 14.0. The molecule has 0 aliphatic carbocycles. The first-order valence-corrected chi connectivity index (χ1v) is 10.7. The fraction of sp³-hybridized carbons (Fsp3) is 0.692. The molecule has 0 N–H and O–H groups in total. The van der Waals surface area contributed by atoms with Gasteiger partial charge < -0.3 is 0 Å². The van der Waals surface area contributed by atoms with Crippen molar-refractivity contribution in [3.63, 3.8) is 0 Å². The van der Waals surface area contributed by atoms with Crippen LogP contribution in [-0.4, -0.2) is 29.3 Å². The van der Waals surface area contributed by atoms with Crippen molar-refractivity contribution in [3.8, 4) is 12.3 Å². The topological polar surface area (TPSA) is 3.24 Å². The number of thioether (sulfide) groups is 1. The maximum atomic E-state index is 5.48. The van der Waals surface area contributed by atoms with Crippen molar-refractivity contribution in [1.82, 2.24) is 4.67 Å². The molecular weight excluding hydrogens is 297 g/mol. The minimum atomic E-state index is -1.69. The lowest BCUT2D eigenvalue weighted by Gasteiger charge is -2.34. The van der Waals surface area contributed by atoms with Gasteiger partial charge in [0.05, 0.1) is 5.39 Å². The van der Waals surface area contributed by atoms with E-state index in [9.17, 15) is 0 Å². The first-order valence-electron chi connectivity index (χ1n) is 5.66. The van der Waals surface area contributed by atoms with Crippen molar-refractivity contribution >= 4 is 41.2 Å². The van der Waals surface area contributed by atoms with E-state index in [1.807, 2.05) is 32.5 Å². The molecule has 0 amide bonds. The van der Waals surface area contributed by atoms with Gasteiger partial charge in [-0.1, -0.05) is 39.7 Å². The SMILES string of the molecule is C.C#CC.C=C(C)P(=S)(S)N1CCSCC1.CC. The molecule has 0 radical (unpaired) electrons. The summed E-state index contributed by atoms with van der Waals surface area (Å²) in [6.07, 6.45) is 4.60. The molecule has 0 aromatic rings. The number of thiol groups is 1. The lowest BCUT2D eigenvalue weighted by molar-refractivity contribution is 0.512. The highest BCUT2D eigenvalue weighted by atomic mass is 32.9. The van der Waals surface area contributed by atoms with Gasteiger partial charge in [-0.05, 0) is 19.2 Å². The van der Waals surface area contributed by atoms with Crippen LogP contribution < -0.4 is 0 Å². The quantitative estimate of drug-likeness (QED) is 0.427. The number of nitrogens with zero attached hydrogens (tertiary/aromatic N) is 1. The monoisotopic (exact) mass is 325 g/mol. The van der Waals surface area contributed by atoms with Crippen LogP contribution in [0.25, 0.3) is 0 Å². The number of allylic oxidation sites excluding steroid dienone is 1. The smallest absolute Gasteiger partial charge is 0.0875 e. The summed E-state index contributed by atoms with van der Waals surface area (Å²) >= 11 is 12.0. The Morgan fingerprint density at radius 1 is 1.44 bits per heavy atom. The lowest BCUT2D eigenvalue weighted by atomic mass is 10.6. The van der Waals surface area contributed by atoms with Gasteiger partial charge in [-0.15, -0.1) is 24.6 Å². The molecule has 1 saturated heterocycles. The molecule has 1 heterocycles. The Labute approximate surface area is 129 Å². The molecule has 1 aliphatic rings. The maximum Gasteiger partial charge on any atom is 0.0875 e. The van der Waals surface area contributed by atoms with Gasteiger partial charge in [0.15, 0.2) is 0 Å². The summed E-state index contributed by atoms with van der Waals surface area (Å²) in [7, 11) is 0. The molecule has 5 heteroatoms. The van der Waals surface area contributed by atoms with Crippen molar-refractivity contribution in [1.29, 1.82) is 0 Å². The Morgan fingerprint density at radius 2 is 1.78 bits per heavy atom. The highest BCUT2D eigenvalue weighted by Gasteiger charge is 2.23. The van der Waals surface area contributed by atoms with Crippen LogP contribution in [0.4, 0.5) is 0 Å². The van der Waals surface area contributed by atoms with Gasteiger partial charge in [-0.25, -0.2) is 0 Å². The van der Waals surface area contributed by atoms with Gasteiger partial charge in [0, 0.05) is 24.6 Å². The number of rotatable bonds is 2. The average molecular weight is 326 g/mol. The molecule has 0 aromatic carbocycles. The Bertz CT molecular complexity index is 291. The first kappa shape index (κ1) is 23.7. The normalized spacial score (nSPS) is 17.3. The average Bonchev–Trinajstić information content (AvgIpc) is 2.33. The summed E-state index contributed by atoms with van der Waals surface area (Å²) in [4.78, 5) is 0. The fourth-order valence-electron chi connectivity index (χ4n) is 1.07. The Balaban J connectivity index is -0.000000329. The van der Waals surface area contributed by atoms with Gasteiger partial charge in [-0.3, -0.25) is 4.67 Å². The third-order valence-electron chi connectivity index (χ3n) is 1.87. The third kappa shape index (κ3) is 9.53. The predicted molar refractivity (Wildman–Crippen MR) is 99.6 cm³/mol. The Morgan fingerprint density at radius 3 is 2.06 bits per heavy atom. The zero-order valence-electron chi connectivity index (χ0n) is 11.3.